The van der Waals surface area contributed by atoms with Gasteiger partial charge in [0.25, 0.3) is 5.19 Å². The second-order valence-corrected chi connectivity index (χ2v) is 12.1. The monoisotopic (exact) mass is 615 g/mol. The van der Waals surface area contributed by atoms with E-state index >= 15 is 0 Å². The van der Waals surface area contributed by atoms with Crippen molar-refractivity contribution in [1.29, 1.82) is 0 Å². The molecule has 2 N–H and O–H groups in total. The summed E-state index contributed by atoms with van der Waals surface area (Å²) in [5, 5.41) is 15.7. The number of para-hydroxylation sites is 1. The summed E-state index contributed by atoms with van der Waals surface area (Å²) >= 11 is 1.51. The van der Waals surface area contributed by atoms with Gasteiger partial charge in [-0.3, -0.25) is 4.90 Å². The van der Waals surface area contributed by atoms with E-state index in [1.165, 1.54) is 11.3 Å². The van der Waals surface area contributed by atoms with Gasteiger partial charge in [-0.2, -0.15) is 0 Å². The van der Waals surface area contributed by atoms with E-state index < -0.39 is 11.6 Å². The molecule has 9 heteroatoms. The van der Waals surface area contributed by atoms with Crippen LogP contribution >= 0.6 is 11.3 Å². The van der Waals surface area contributed by atoms with Crippen LogP contribution in [-0.4, -0.2) is 68.7 Å². The zero-order valence-corrected chi connectivity index (χ0v) is 26.8. The Morgan fingerprint density at radius 1 is 0.977 bits per heavy atom. The topological polar surface area (TPSA) is 85.3 Å². The number of piperazine rings is 1. The predicted molar refractivity (Wildman–Crippen MR) is 176 cm³/mol. The van der Waals surface area contributed by atoms with Gasteiger partial charge in [-0.25, -0.2) is 4.98 Å². The molecule has 0 amide bonds. The summed E-state index contributed by atoms with van der Waals surface area (Å²) in [7, 11) is 4.97. The summed E-state index contributed by atoms with van der Waals surface area (Å²) in [6, 6.07) is 24.2. The van der Waals surface area contributed by atoms with E-state index in [1.54, 1.807) is 21.3 Å². The van der Waals surface area contributed by atoms with Gasteiger partial charge in [-0.15, -0.1) is 0 Å². The number of aliphatic hydroxyl groups excluding tert-OH is 1. The Morgan fingerprint density at radius 2 is 1.66 bits per heavy atom. The molecule has 1 saturated heterocycles. The predicted octanol–water partition coefficient (Wildman–Crippen LogP) is 5.95. The third-order valence-electron chi connectivity index (χ3n) is 8.26. The number of rotatable bonds is 12. The van der Waals surface area contributed by atoms with Gasteiger partial charge in [0.2, 0.25) is 0 Å². The van der Waals surface area contributed by atoms with Gasteiger partial charge < -0.3 is 29.4 Å². The van der Waals surface area contributed by atoms with E-state index in [4.69, 9.17) is 18.9 Å². The minimum absolute atomic E-state index is 0.0256. The number of aromatic nitrogens is 1. The molecule has 0 radical (unpaired) electrons. The summed E-state index contributed by atoms with van der Waals surface area (Å²) < 4.78 is 22.3. The minimum Gasteiger partial charge on any atom is -0.497 e. The summed E-state index contributed by atoms with van der Waals surface area (Å²) in [6.45, 7) is 6.40. The summed E-state index contributed by atoms with van der Waals surface area (Å²) in [6.07, 6.45) is 3.23. The van der Waals surface area contributed by atoms with Gasteiger partial charge >= 0.3 is 0 Å². The van der Waals surface area contributed by atoms with E-state index in [0.29, 0.717) is 17.5 Å². The minimum atomic E-state index is -0.718. The van der Waals surface area contributed by atoms with E-state index in [2.05, 4.69) is 46.4 Å². The van der Waals surface area contributed by atoms with Crippen molar-refractivity contribution in [3.63, 3.8) is 0 Å². The van der Waals surface area contributed by atoms with Crippen molar-refractivity contribution in [1.82, 2.24) is 15.2 Å². The van der Waals surface area contributed by atoms with Crippen molar-refractivity contribution >= 4 is 23.5 Å². The number of nitrogens with one attached hydrogen (secondary N) is 1. The Balaban J connectivity index is 1.34. The fraction of sp³-hybridized carbons (Fsp3) is 0.343. The fourth-order valence-corrected chi connectivity index (χ4v) is 6.50. The quantitative estimate of drug-likeness (QED) is 0.202. The van der Waals surface area contributed by atoms with Crippen LogP contribution in [0.2, 0.25) is 0 Å². The molecule has 1 aliphatic rings. The molecule has 3 aromatic carbocycles. The molecule has 0 saturated carbocycles. The first-order valence-corrected chi connectivity index (χ1v) is 15.5. The Kier molecular flexibility index (Phi) is 10.2. The maximum absolute atomic E-state index is 11.4. The largest absolute Gasteiger partial charge is 0.497 e. The number of aryl methyl sites for hydroxylation is 1. The molecule has 8 nitrogen and oxygen atoms in total. The molecule has 4 aromatic rings. The number of aliphatic hydroxyl groups is 1. The van der Waals surface area contributed by atoms with E-state index in [-0.39, 0.29) is 12.6 Å². The van der Waals surface area contributed by atoms with Crippen molar-refractivity contribution < 1.29 is 24.1 Å². The molecule has 5 rings (SSSR count). The lowest BCUT2D eigenvalue weighted by atomic mass is 9.77. The van der Waals surface area contributed by atoms with Gasteiger partial charge in [0.1, 0.15) is 30.0 Å². The summed E-state index contributed by atoms with van der Waals surface area (Å²) in [5.74, 6) is 2.33. The SMILES string of the molecule is COc1ccc(C2NCCN(CC(O)COc3ccccc3/C=C/c3nc(OC)sc3C)C2(C)c2ccc(OC)cc2)cc1. The second-order valence-electron chi connectivity index (χ2n) is 10.9. The lowest BCUT2D eigenvalue weighted by Crippen LogP contribution is -2.60. The van der Waals surface area contributed by atoms with Crippen LogP contribution in [-0.2, 0) is 5.54 Å². The molecule has 3 unspecified atom stereocenters. The smallest absolute Gasteiger partial charge is 0.273 e. The lowest BCUT2D eigenvalue weighted by molar-refractivity contribution is -0.0178. The first-order chi connectivity index (χ1) is 21.3. The van der Waals surface area contributed by atoms with Crippen molar-refractivity contribution in [2.24, 2.45) is 0 Å². The number of hydrogen-bond donors (Lipinski definition) is 2. The van der Waals surface area contributed by atoms with Gasteiger partial charge in [-0.1, -0.05) is 53.8 Å². The highest BCUT2D eigenvalue weighted by molar-refractivity contribution is 7.13. The number of nitrogens with zero attached hydrogens (tertiary/aromatic N) is 2. The molecule has 44 heavy (non-hydrogen) atoms. The summed E-state index contributed by atoms with van der Waals surface area (Å²) in [4.78, 5) is 7.94. The molecule has 0 spiro atoms. The van der Waals surface area contributed by atoms with Crippen LogP contribution in [0.5, 0.6) is 22.4 Å². The Labute approximate surface area is 263 Å². The molecule has 0 aliphatic carbocycles. The number of ether oxygens (including phenoxy) is 4. The zero-order valence-electron chi connectivity index (χ0n) is 25.9. The van der Waals surface area contributed by atoms with Crippen LogP contribution in [0.1, 0.15) is 40.2 Å². The van der Waals surface area contributed by atoms with E-state index in [0.717, 1.165) is 51.8 Å². The van der Waals surface area contributed by atoms with Crippen LogP contribution in [0.15, 0.2) is 72.8 Å². The van der Waals surface area contributed by atoms with Crippen LogP contribution in [0.25, 0.3) is 12.2 Å². The lowest BCUT2D eigenvalue weighted by Gasteiger charge is -2.51. The maximum Gasteiger partial charge on any atom is 0.273 e. The van der Waals surface area contributed by atoms with Gasteiger partial charge in [0, 0.05) is 30.1 Å². The molecule has 1 fully saturated rings. The van der Waals surface area contributed by atoms with E-state index in [9.17, 15) is 5.11 Å². The van der Waals surface area contributed by atoms with Crippen LogP contribution in [0.3, 0.4) is 0 Å². The zero-order chi connectivity index (χ0) is 31.1. The van der Waals surface area contributed by atoms with Gasteiger partial charge in [-0.05, 0) is 67.5 Å². The highest BCUT2D eigenvalue weighted by atomic mass is 32.1. The second kappa shape index (κ2) is 14.3. The number of thiazole rings is 1. The van der Waals surface area contributed by atoms with Gasteiger partial charge in [0.15, 0.2) is 0 Å². The molecule has 232 valence electrons. The number of β-amino-alcohol motifs (C(OH)–C–C–N with tert-alkyl or cyclic N) is 1. The number of hydrogen-bond acceptors (Lipinski definition) is 9. The number of methoxy groups -OCH3 is 3. The third-order valence-corrected chi connectivity index (χ3v) is 9.21. The van der Waals surface area contributed by atoms with Crippen LogP contribution in [0, 0.1) is 6.92 Å². The first kappa shape index (κ1) is 31.5. The summed E-state index contributed by atoms with van der Waals surface area (Å²) in [5.41, 5.74) is 3.59. The van der Waals surface area contributed by atoms with Crippen molar-refractivity contribution in [3.05, 3.63) is 100 Å². The van der Waals surface area contributed by atoms with Crippen LogP contribution in [0.4, 0.5) is 0 Å². The first-order valence-electron chi connectivity index (χ1n) is 14.7. The van der Waals surface area contributed by atoms with Crippen LogP contribution < -0.4 is 24.3 Å². The van der Waals surface area contributed by atoms with Gasteiger partial charge in [0.05, 0.1) is 38.6 Å². The molecular formula is C35H41N3O5S. The van der Waals surface area contributed by atoms with Crippen molar-refractivity contribution in [3.8, 4) is 22.4 Å². The molecule has 0 bridgehead atoms. The average molecular weight is 616 g/mol. The van der Waals surface area contributed by atoms with E-state index in [1.807, 2.05) is 67.6 Å². The Hall–Kier alpha value is -3.89. The maximum atomic E-state index is 11.4. The molecule has 1 aromatic heterocycles. The fourth-order valence-electron chi connectivity index (χ4n) is 5.79. The Morgan fingerprint density at radius 3 is 2.32 bits per heavy atom. The normalized spacial score (nSPS) is 19.5. The third kappa shape index (κ3) is 6.92. The standard InChI is InChI=1S/C35H41N3O5S/c1-24-31(37-34(42-5)44-24)19-12-25-8-6-7-9-32(25)43-23-28(39)22-38-21-20-36-33(26-10-15-29(40-3)16-11-26)35(38,2)27-13-17-30(41-4)18-14-27/h6-19,28,33,36,39H,20-23H2,1-5H3/b19-12+. The number of benzene rings is 3. The average Bonchev–Trinajstić information content (AvgIpc) is 3.43. The molecule has 2 heterocycles. The highest BCUT2D eigenvalue weighted by Crippen LogP contribution is 2.43. The molecular weight excluding hydrogens is 574 g/mol. The molecule has 3 atom stereocenters. The Bertz CT molecular complexity index is 1540. The highest BCUT2D eigenvalue weighted by Gasteiger charge is 2.45. The van der Waals surface area contributed by atoms with Crippen molar-refractivity contribution in [2.75, 3.05) is 47.6 Å². The molecule has 1 aliphatic heterocycles. The van der Waals surface area contributed by atoms with Crippen molar-refractivity contribution in [2.45, 2.75) is 31.5 Å².